The first-order valence-electron chi connectivity index (χ1n) is 31.9. The number of halogens is 3. The molecule has 25 nitrogen and oxygen atoms in total. The molecule has 0 radical (unpaired) electrons. The number of benzene rings is 9. The zero-order valence-electron chi connectivity index (χ0n) is 64.4. The first-order valence-corrected chi connectivity index (χ1v) is 34.8. The summed E-state index contributed by atoms with van der Waals surface area (Å²) in [5, 5.41) is 10.7. The molecule has 3 unspecified atom stereocenters. The molecular formula is C78H85Br2IMg2O25. The van der Waals surface area contributed by atoms with Gasteiger partial charge in [-0.25, -0.2) is 0 Å². The topological polar surface area (TPSA) is 250 Å². The fraction of sp³-hybridized carbons (Fsp3) is 0.295. The van der Waals surface area contributed by atoms with Gasteiger partial charge in [0.2, 0.25) is 57.0 Å². The van der Waals surface area contributed by atoms with E-state index in [1.165, 1.54) is 42.7 Å². The molecule has 0 aliphatic carbocycles. The summed E-state index contributed by atoms with van der Waals surface area (Å²) in [6.45, 7) is 3.51. The molecule has 0 saturated heterocycles. The van der Waals surface area contributed by atoms with Crippen LogP contribution in [0.15, 0.2) is 144 Å². The zero-order valence-corrected chi connectivity index (χ0v) is 70.6. The number of aldehydes is 1. The number of fused-ring (bicyclic) bond motifs is 5. The van der Waals surface area contributed by atoms with Gasteiger partial charge in [0.05, 0.1) is 96.8 Å². The number of rotatable bonds is 20. The minimum atomic E-state index is -0.863. The van der Waals surface area contributed by atoms with Crippen LogP contribution >= 0.6 is 38.5 Å². The molecule has 108 heavy (non-hydrogen) atoms. The third-order valence-corrected chi connectivity index (χ3v) is 16.6. The van der Waals surface area contributed by atoms with E-state index in [0.29, 0.717) is 117 Å². The van der Waals surface area contributed by atoms with Crippen molar-refractivity contribution < 1.29 is 139 Å². The molecule has 1 N–H and O–H groups in total. The number of aliphatic hydroxyl groups excluding tert-OH is 1. The molecule has 0 fully saturated rings. The van der Waals surface area contributed by atoms with Gasteiger partial charge in [-0.1, -0.05) is 63.6 Å². The standard InChI is InChI=1S/C18H20O6.C18H20O5.C17H18O6.C10H12O4.C7H5BrO2.C7H5O2.CH3I.BrH.2Mg.2H/c1-19-15-8-12(9-16(20-2)18(15)22-4)17(21-3)11-5-6-13-14(7-11)24-10-23-13;1-11(12-5-6-14-15(7-12)23-10-22-14)13-8-16(19-2)18(21-4)17(9-13)20-3;1-19-14-7-11(8-15(20-2)17(14)21-3)16(18)10-4-5-12-13(6-10)23-9-22-12;1-12-8-4-7(6-11)5-9(13-2)10(8)14-3;8-5-1-2-6-7(3-5)10-4-9-6;1-2-4-7-6(3-1)8-5-9-7;1-2;;;;;/h5-9,17H,10H2,1-4H3;5-9,11H,10H2,1-4H3;4-8,16,18H,9H2,1-3H3;4-6H,1-3H3;1-3H,4H2;1,3-4H,5H2;1H3;1H;;;;/q;;;;;-1;;;2*+2;2*-1/p-1. The Morgan fingerprint density at radius 1 is 0.380 bits per heavy atom. The molecular weight excluding hydrogens is 1670 g/mol. The van der Waals surface area contributed by atoms with Crippen LogP contribution in [-0.4, -0.2) is 189 Å². The summed E-state index contributed by atoms with van der Waals surface area (Å²) in [7, 11) is 20.4. The van der Waals surface area contributed by atoms with Crippen molar-refractivity contribution >= 4 is 90.9 Å². The quantitative estimate of drug-likeness (QED) is 0.0245. The van der Waals surface area contributed by atoms with E-state index in [1.54, 1.807) is 104 Å². The molecule has 5 aliphatic heterocycles. The number of carbonyl (C=O) groups excluding carboxylic acids is 1. The maximum atomic E-state index is 10.7. The summed E-state index contributed by atoms with van der Waals surface area (Å²) in [5.74, 6) is 14.2. The Kier molecular flexibility index (Phi) is 37.8. The van der Waals surface area contributed by atoms with Crippen LogP contribution in [0.1, 0.15) is 71.6 Å². The van der Waals surface area contributed by atoms with Gasteiger partial charge in [-0.15, -0.1) is 12.1 Å². The van der Waals surface area contributed by atoms with Crippen LogP contribution in [0.4, 0.5) is 0 Å². The second-order valence-electron chi connectivity index (χ2n) is 21.8. The largest absolute Gasteiger partial charge is 2.00 e. The second-order valence-corrected chi connectivity index (χ2v) is 22.7. The Balaban J connectivity index is 0.000000348. The number of hydrogen-bond acceptors (Lipinski definition) is 25. The molecule has 572 valence electrons. The molecule has 0 aromatic heterocycles. The molecule has 0 amide bonds. The van der Waals surface area contributed by atoms with Crippen molar-refractivity contribution in [1.82, 2.24) is 0 Å². The summed E-state index contributed by atoms with van der Waals surface area (Å²) in [4.78, 5) is 12.6. The van der Waals surface area contributed by atoms with Crippen molar-refractivity contribution in [3.8, 4) is 126 Å². The van der Waals surface area contributed by atoms with Crippen molar-refractivity contribution in [2.45, 2.75) is 25.0 Å². The van der Waals surface area contributed by atoms with Crippen LogP contribution in [0, 0.1) is 6.07 Å². The number of ether oxygens (including phenoxy) is 23. The van der Waals surface area contributed by atoms with E-state index >= 15 is 0 Å². The van der Waals surface area contributed by atoms with E-state index in [0.717, 1.165) is 73.3 Å². The molecule has 14 rings (SSSR count). The smallest absolute Gasteiger partial charge is 1.00 e. The number of carbonyl (C=O) groups is 1. The Hall–Kier alpha value is -8.61. The van der Waals surface area contributed by atoms with Gasteiger partial charge in [-0.2, -0.15) is 12.1 Å². The molecule has 30 heteroatoms. The van der Waals surface area contributed by atoms with E-state index in [9.17, 15) is 9.90 Å². The molecule has 0 saturated carbocycles. The van der Waals surface area contributed by atoms with Crippen LogP contribution in [0.3, 0.4) is 0 Å². The number of alkyl halides is 1. The minimum absolute atomic E-state index is 0. The maximum absolute atomic E-state index is 10.7. The fourth-order valence-corrected chi connectivity index (χ4v) is 11.2. The first-order chi connectivity index (χ1) is 51.1. The predicted molar refractivity (Wildman–Crippen MR) is 413 cm³/mol. The third kappa shape index (κ3) is 22.5. The van der Waals surface area contributed by atoms with Crippen molar-refractivity contribution in [1.29, 1.82) is 0 Å². The molecule has 5 aliphatic rings. The summed E-state index contributed by atoms with van der Waals surface area (Å²) in [6, 6.07) is 45.4. The van der Waals surface area contributed by atoms with Gasteiger partial charge < -0.3 is 134 Å². The Bertz CT molecular complexity index is 4110. The van der Waals surface area contributed by atoms with Crippen molar-refractivity contribution in [2.24, 2.45) is 0 Å². The zero-order chi connectivity index (χ0) is 75.5. The van der Waals surface area contributed by atoms with Gasteiger partial charge in [0.15, 0.2) is 92.0 Å². The van der Waals surface area contributed by atoms with Crippen LogP contribution in [0.25, 0.3) is 0 Å². The number of hydrogen-bond donors (Lipinski definition) is 1. The van der Waals surface area contributed by atoms with Crippen molar-refractivity contribution in [3.05, 3.63) is 189 Å². The minimum Gasteiger partial charge on any atom is -1.00 e. The molecule has 3 atom stereocenters. The average Bonchev–Trinajstić information content (AvgIpc) is 0.915. The van der Waals surface area contributed by atoms with E-state index in [1.807, 2.05) is 89.9 Å². The van der Waals surface area contributed by atoms with Gasteiger partial charge in [-0.05, 0) is 141 Å². The molecule has 9 aromatic carbocycles. The Morgan fingerprint density at radius 2 is 0.685 bits per heavy atom. The van der Waals surface area contributed by atoms with Gasteiger partial charge in [0.25, 0.3) is 0 Å². The fourth-order valence-electron chi connectivity index (χ4n) is 10.9. The first kappa shape index (κ1) is 90.0. The van der Waals surface area contributed by atoms with Gasteiger partial charge in [0.1, 0.15) is 18.5 Å². The second kappa shape index (κ2) is 45.4. The monoisotopic (exact) mass is 1750 g/mol. The number of methoxy groups -OCH3 is 13. The van der Waals surface area contributed by atoms with Gasteiger partial charge >= 0.3 is 46.1 Å². The van der Waals surface area contributed by atoms with E-state index in [4.69, 9.17) is 109 Å². The van der Waals surface area contributed by atoms with Crippen molar-refractivity contribution in [3.63, 3.8) is 0 Å². The summed E-state index contributed by atoms with van der Waals surface area (Å²) < 4.78 is 123. The van der Waals surface area contributed by atoms with Crippen LogP contribution in [0.5, 0.6) is 126 Å². The Labute approximate surface area is 695 Å². The van der Waals surface area contributed by atoms with E-state index < -0.39 is 6.10 Å². The SMILES string of the molecule is Brc1ccc2c(c1)OCO2.CI.COc1cc(C(C)c2ccc3c(c2)OCO3)cc(OC)c1OC.COc1cc(C(O)c2ccc3c(c2)OCO3)cc(OC)c1OC.COc1cc(C(OC)c2ccc3c(c2)OCO3)cc(OC)c1OC.COc1cc(C=O)cc(OC)c1OC.[Br-].[H-].[H-].[Mg+2].[Mg+2].[c-]1ccc2c(c1)OCO2. The average molecular weight is 1760 g/mol. The summed E-state index contributed by atoms with van der Waals surface area (Å²) in [6.07, 6.45) is -0.448. The maximum Gasteiger partial charge on any atom is 2.00 e. The predicted octanol–water partition coefficient (Wildman–Crippen LogP) is 11.7. The van der Waals surface area contributed by atoms with E-state index in [-0.39, 0.29) is 98.3 Å². The molecule has 0 spiro atoms. The number of aliphatic hydroxyl groups is 1. The van der Waals surface area contributed by atoms with Crippen LogP contribution < -0.4 is 121 Å². The normalized spacial score (nSPS) is 12.5. The molecule has 9 aromatic rings. The van der Waals surface area contributed by atoms with Crippen molar-refractivity contribution in [2.75, 3.05) is 131 Å². The Morgan fingerprint density at radius 3 is 1.06 bits per heavy atom. The van der Waals surface area contributed by atoms with E-state index in [2.05, 4.69) is 51.5 Å². The molecule has 5 heterocycles. The third-order valence-electron chi connectivity index (χ3n) is 16.1. The van der Waals surface area contributed by atoms with Gasteiger partial charge in [0, 0.05) is 23.1 Å². The summed E-state index contributed by atoms with van der Waals surface area (Å²) >= 11 is 5.48. The van der Waals surface area contributed by atoms with Crippen LogP contribution in [0.2, 0.25) is 0 Å². The molecule has 0 bridgehead atoms. The van der Waals surface area contributed by atoms with Gasteiger partial charge in [-0.3, -0.25) is 4.79 Å². The summed E-state index contributed by atoms with van der Waals surface area (Å²) in [5.41, 5.74) is 5.81. The van der Waals surface area contributed by atoms with Crippen LogP contribution in [-0.2, 0) is 4.74 Å².